The van der Waals surface area contributed by atoms with Crippen LogP contribution in [0.15, 0.2) is 0 Å². The first-order valence-corrected chi connectivity index (χ1v) is 3.20. The van der Waals surface area contributed by atoms with Crippen LogP contribution in [0, 0.1) is 0 Å². The van der Waals surface area contributed by atoms with Crippen LogP contribution in [0.5, 0.6) is 0 Å². The minimum absolute atomic E-state index is 0.379. The molecule has 0 aromatic rings. The van der Waals surface area contributed by atoms with Crippen LogP contribution in [0.25, 0.3) is 0 Å². The first-order valence-electron chi connectivity index (χ1n) is 3.20. The number of aliphatic hydroxyl groups is 3. The van der Waals surface area contributed by atoms with Crippen molar-refractivity contribution in [1.82, 2.24) is 0 Å². The van der Waals surface area contributed by atoms with Gasteiger partial charge in [-0.05, 0) is 13.8 Å². The Morgan fingerprint density at radius 2 is 1.73 bits per heavy atom. The Balaban J connectivity index is 3.83. The van der Waals surface area contributed by atoms with Gasteiger partial charge in [0.1, 0.15) is 0 Å². The average Bonchev–Trinajstić information content (AvgIpc) is 1.84. The minimum atomic E-state index is -2.08. The van der Waals surface area contributed by atoms with Crippen molar-refractivity contribution < 1.29 is 24.9 Å². The van der Waals surface area contributed by atoms with Gasteiger partial charge in [-0.3, -0.25) is 0 Å². The van der Waals surface area contributed by atoms with E-state index in [0.29, 0.717) is 0 Å². The second-order valence-corrected chi connectivity index (χ2v) is 2.34. The zero-order valence-corrected chi connectivity index (χ0v) is 6.39. The van der Waals surface area contributed by atoms with E-state index in [1.807, 2.05) is 0 Å². The van der Waals surface area contributed by atoms with E-state index in [1.165, 1.54) is 0 Å². The second-order valence-electron chi connectivity index (χ2n) is 2.34. The van der Waals surface area contributed by atoms with Gasteiger partial charge in [0, 0.05) is 0 Å². The third-order valence-electron chi connectivity index (χ3n) is 0.876. The lowest BCUT2D eigenvalue weighted by molar-refractivity contribution is -0.181. The fourth-order valence-electron chi connectivity index (χ4n) is 0.424. The number of esters is 1. The Labute approximate surface area is 64.2 Å². The highest BCUT2D eigenvalue weighted by molar-refractivity contribution is 5.74. The maximum Gasteiger partial charge on any atom is 0.340 e. The van der Waals surface area contributed by atoms with Gasteiger partial charge in [0.25, 0.3) is 0 Å². The molecule has 1 atom stereocenters. The van der Waals surface area contributed by atoms with E-state index < -0.39 is 18.4 Å². The summed E-state index contributed by atoms with van der Waals surface area (Å²) in [5, 5.41) is 25.3. The molecule has 0 fully saturated rings. The van der Waals surface area contributed by atoms with E-state index in [4.69, 9.17) is 15.3 Å². The standard InChI is InChI=1S/C6H12O5/c1-3(2)11-6(10)4(7)5(8)9/h3-5,7-9H,1-2H3. The van der Waals surface area contributed by atoms with E-state index in [2.05, 4.69) is 4.74 Å². The topological polar surface area (TPSA) is 87.0 Å². The highest BCUT2D eigenvalue weighted by Crippen LogP contribution is 1.96. The lowest BCUT2D eigenvalue weighted by atomic mass is 10.3. The van der Waals surface area contributed by atoms with Crippen molar-refractivity contribution in [3.63, 3.8) is 0 Å². The van der Waals surface area contributed by atoms with Crippen LogP contribution in [-0.4, -0.2) is 39.8 Å². The normalized spacial score (nSPS) is 13.7. The molecule has 0 radical (unpaired) electrons. The quantitative estimate of drug-likeness (QED) is 0.353. The molecule has 0 rings (SSSR count). The monoisotopic (exact) mass is 164 g/mol. The first kappa shape index (κ1) is 10.3. The SMILES string of the molecule is CC(C)OC(=O)C(O)C(O)O. The summed E-state index contributed by atoms with van der Waals surface area (Å²) in [6.45, 7) is 3.18. The molecule has 5 heteroatoms. The Kier molecular flexibility index (Phi) is 4.02. The maximum atomic E-state index is 10.6. The maximum absolute atomic E-state index is 10.6. The van der Waals surface area contributed by atoms with Crippen molar-refractivity contribution >= 4 is 5.97 Å². The van der Waals surface area contributed by atoms with E-state index in [1.54, 1.807) is 13.8 Å². The molecular weight excluding hydrogens is 152 g/mol. The summed E-state index contributed by atoms with van der Waals surface area (Å²) in [6, 6.07) is 0. The largest absolute Gasteiger partial charge is 0.461 e. The smallest absolute Gasteiger partial charge is 0.340 e. The van der Waals surface area contributed by atoms with Crippen LogP contribution >= 0.6 is 0 Å². The van der Waals surface area contributed by atoms with Crippen LogP contribution < -0.4 is 0 Å². The van der Waals surface area contributed by atoms with Gasteiger partial charge >= 0.3 is 5.97 Å². The first-order chi connectivity index (χ1) is 4.95. The number of hydrogen-bond donors (Lipinski definition) is 3. The predicted molar refractivity (Wildman–Crippen MR) is 35.5 cm³/mol. The van der Waals surface area contributed by atoms with Crippen LogP contribution in [0.1, 0.15) is 13.8 Å². The van der Waals surface area contributed by atoms with Gasteiger partial charge in [-0.2, -0.15) is 0 Å². The molecule has 0 aliphatic rings. The summed E-state index contributed by atoms with van der Waals surface area (Å²) in [6.07, 6.45) is -4.34. The van der Waals surface area contributed by atoms with Gasteiger partial charge in [0.15, 0.2) is 6.29 Å². The molecule has 5 nitrogen and oxygen atoms in total. The number of aliphatic hydroxyl groups excluding tert-OH is 2. The number of carbonyl (C=O) groups is 1. The van der Waals surface area contributed by atoms with Crippen LogP contribution in [0.4, 0.5) is 0 Å². The third kappa shape index (κ3) is 3.92. The third-order valence-corrected chi connectivity index (χ3v) is 0.876. The molecule has 0 aromatic carbocycles. The van der Waals surface area contributed by atoms with Gasteiger partial charge in [-0.15, -0.1) is 0 Å². The molecule has 0 saturated carbocycles. The van der Waals surface area contributed by atoms with Gasteiger partial charge < -0.3 is 20.1 Å². The van der Waals surface area contributed by atoms with Gasteiger partial charge in [-0.1, -0.05) is 0 Å². The fourth-order valence-corrected chi connectivity index (χ4v) is 0.424. The summed E-state index contributed by atoms with van der Waals surface area (Å²) in [7, 11) is 0. The van der Waals surface area contributed by atoms with E-state index >= 15 is 0 Å². The highest BCUT2D eigenvalue weighted by Gasteiger charge is 2.24. The van der Waals surface area contributed by atoms with Crippen molar-refractivity contribution in [1.29, 1.82) is 0 Å². The highest BCUT2D eigenvalue weighted by atomic mass is 16.6. The minimum Gasteiger partial charge on any atom is -0.461 e. The van der Waals surface area contributed by atoms with E-state index in [0.717, 1.165) is 0 Å². The van der Waals surface area contributed by atoms with Gasteiger partial charge in [0.05, 0.1) is 6.10 Å². The molecule has 0 aliphatic carbocycles. The Hall–Kier alpha value is -0.650. The molecule has 1 unspecified atom stereocenters. The van der Waals surface area contributed by atoms with Crippen molar-refractivity contribution in [3.05, 3.63) is 0 Å². The molecule has 0 heterocycles. The summed E-state index contributed by atoms with van der Waals surface area (Å²) in [5.74, 6) is -1.03. The zero-order chi connectivity index (χ0) is 9.02. The average molecular weight is 164 g/mol. The molecule has 0 saturated heterocycles. The van der Waals surface area contributed by atoms with Crippen LogP contribution in [0.2, 0.25) is 0 Å². The van der Waals surface area contributed by atoms with Crippen molar-refractivity contribution in [2.24, 2.45) is 0 Å². The molecule has 0 bridgehead atoms. The van der Waals surface area contributed by atoms with E-state index in [9.17, 15) is 4.79 Å². The molecule has 0 aliphatic heterocycles. The second kappa shape index (κ2) is 4.27. The van der Waals surface area contributed by atoms with Crippen molar-refractivity contribution in [2.75, 3.05) is 0 Å². The van der Waals surface area contributed by atoms with Crippen molar-refractivity contribution in [2.45, 2.75) is 32.3 Å². The van der Waals surface area contributed by atoms with Crippen LogP contribution in [-0.2, 0) is 9.53 Å². The number of carbonyl (C=O) groups excluding carboxylic acids is 1. The van der Waals surface area contributed by atoms with Crippen LogP contribution in [0.3, 0.4) is 0 Å². The number of hydrogen-bond acceptors (Lipinski definition) is 5. The number of ether oxygens (including phenoxy) is 1. The molecule has 11 heavy (non-hydrogen) atoms. The Bertz CT molecular complexity index is 131. The molecule has 3 N–H and O–H groups in total. The summed E-state index contributed by atoms with van der Waals surface area (Å²) >= 11 is 0. The summed E-state index contributed by atoms with van der Waals surface area (Å²) in [4.78, 5) is 10.6. The number of rotatable bonds is 3. The lowest BCUT2D eigenvalue weighted by Crippen LogP contribution is -2.36. The Morgan fingerprint density at radius 1 is 1.27 bits per heavy atom. The zero-order valence-electron chi connectivity index (χ0n) is 6.39. The Morgan fingerprint density at radius 3 is 2.00 bits per heavy atom. The molecule has 0 spiro atoms. The summed E-state index contributed by atoms with van der Waals surface area (Å²) < 4.78 is 4.46. The van der Waals surface area contributed by atoms with Crippen molar-refractivity contribution in [3.8, 4) is 0 Å². The predicted octanol–water partition coefficient (Wildman–Crippen LogP) is -1.39. The molecule has 0 amide bonds. The van der Waals surface area contributed by atoms with Gasteiger partial charge in [-0.25, -0.2) is 4.79 Å². The molecule has 0 aromatic heterocycles. The fraction of sp³-hybridized carbons (Fsp3) is 0.833. The molecule has 66 valence electrons. The van der Waals surface area contributed by atoms with E-state index in [-0.39, 0.29) is 6.10 Å². The molecular formula is C6H12O5. The lowest BCUT2D eigenvalue weighted by Gasteiger charge is -2.13. The van der Waals surface area contributed by atoms with Gasteiger partial charge in [0.2, 0.25) is 6.10 Å². The summed E-state index contributed by atoms with van der Waals surface area (Å²) in [5.41, 5.74) is 0.